The summed E-state index contributed by atoms with van der Waals surface area (Å²) >= 11 is 3.58. The Balaban J connectivity index is 2.45. The van der Waals surface area contributed by atoms with Crippen LogP contribution in [-0.2, 0) is 0 Å². The number of anilines is 1. The lowest BCUT2D eigenvalue weighted by molar-refractivity contribution is 0.414. The molecule has 0 spiro atoms. The van der Waals surface area contributed by atoms with Crippen molar-refractivity contribution >= 4 is 21.9 Å². The van der Waals surface area contributed by atoms with Crippen molar-refractivity contribution in [1.29, 1.82) is 0 Å². The van der Waals surface area contributed by atoms with E-state index in [1.54, 1.807) is 7.11 Å². The lowest BCUT2D eigenvalue weighted by Crippen LogP contribution is -2.07. The van der Waals surface area contributed by atoms with E-state index in [1.165, 1.54) is 0 Å². The normalized spacial score (nSPS) is 10.5. The van der Waals surface area contributed by atoms with E-state index in [9.17, 15) is 0 Å². The molecule has 0 saturated carbocycles. The molecule has 102 valence electrons. The number of nitrogens with one attached hydrogen (secondary N) is 1. The quantitative estimate of drug-likeness (QED) is 0.910. The summed E-state index contributed by atoms with van der Waals surface area (Å²) in [6.07, 6.45) is 3.07. The Bertz CT molecular complexity index is 566. The summed E-state index contributed by atoms with van der Waals surface area (Å²) in [4.78, 5) is 4.51. The molecule has 4 nitrogen and oxygen atoms in total. The van der Waals surface area contributed by atoms with Gasteiger partial charge in [0.15, 0.2) is 0 Å². The molecule has 0 saturated heterocycles. The molecule has 1 aromatic heterocycles. The van der Waals surface area contributed by atoms with E-state index in [-0.39, 0.29) is 0 Å². The summed E-state index contributed by atoms with van der Waals surface area (Å²) in [6.45, 7) is 5.02. The van der Waals surface area contributed by atoms with Gasteiger partial charge in [0, 0.05) is 23.3 Å². The van der Waals surface area contributed by atoms with Crippen molar-refractivity contribution in [2.45, 2.75) is 20.3 Å². The first-order valence-electron chi connectivity index (χ1n) is 6.29. The molecule has 0 amide bonds. The zero-order chi connectivity index (χ0) is 13.8. The van der Waals surface area contributed by atoms with E-state index in [0.29, 0.717) is 0 Å². The molecule has 2 aromatic rings. The van der Waals surface area contributed by atoms with Gasteiger partial charge in [0.25, 0.3) is 0 Å². The fourth-order valence-electron chi connectivity index (χ4n) is 1.85. The molecule has 1 aromatic carbocycles. The summed E-state index contributed by atoms with van der Waals surface area (Å²) in [5.74, 6) is 1.68. The first kappa shape index (κ1) is 13.9. The minimum Gasteiger partial charge on any atom is -0.497 e. The Kier molecular flexibility index (Phi) is 4.47. The summed E-state index contributed by atoms with van der Waals surface area (Å²) in [5, 5.41) is 3.34. The average Bonchev–Trinajstić information content (AvgIpc) is 2.78. The molecule has 1 heterocycles. The van der Waals surface area contributed by atoms with Crippen LogP contribution in [0.2, 0.25) is 0 Å². The van der Waals surface area contributed by atoms with Crippen molar-refractivity contribution < 1.29 is 4.74 Å². The number of aromatic nitrogens is 2. The van der Waals surface area contributed by atoms with Crippen LogP contribution in [-0.4, -0.2) is 23.2 Å². The minimum absolute atomic E-state index is 0.825. The summed E-state index contributed by atoms with van der Waals surface area (Å²) in [7, 11) is 1.67. The van der Waals surface area contributed by atoms with Gasteiger partial charge in [-0.3, -0.25) is 4.57 Å². The smallest absolute Gasteiger partial charge is 0.207 e. The maximum atomic E-state index is 5.28. The molecule has 0 atom stereocenters. The number of nitrogens with zero attached hydrogens (tertiary/aromatic N) is 2. The van der Waals surface area contributed by atoms with E-state index in [1.807, 2.05) is 35.9 Å². The molecular weight excluding hydrogens is 306 g/mol. The van der Waals surface area contributed by atoms with E-state index in [0.717, 1.165) is 40.5 Å². The highest BCUT2D eigenvalue weighted by Gasteiger charge is 2.11. The summed E-state index contributed by atoms with van der Waals surface area (Å²) < 4.78 is 8.33. The van der Waals surface area contributed by atoms with Gasteiger partial charge >= 0.3 is 0 Å². The van der Waals surface area contributed by atoms with Gasteiger partial charge in [-0.2, -0.15) is 0 Å². The predicted molar refractivity (Wildman–Crippen MR) is 81.3 cm³/mol. The molecule has 0 aliphatic heterocycles. The fraction of sp³-hybridized carbons (Fsp3) is 0.357. The second-order valence-corrected chi connectivity index (χ2v) is 5.17. The van der Waals surface area contributed by atoms with Crippen LogP contribution < -0.4 is 10.1 Å². The Hall–Kier alpha value is -1.49. The Morgan fingerprint density at radius 3 is 2.89 bits per heavy atom. The van der Waals surface area contributed by atoms with Crippen LogP contribution in [0.4, 0.5) is 5.95 Å². The van der Waals surface area contributed by atoms with Crippen molar-refractivity contribution in [3.05, 3.63) is 34.6 Å². The highest BCUT2D eigenvalue weighted by atomic mass is 79.9. The van der Waals surface area contributed by atoms with E-state index in [2.05, 4.69) is 33.2 Å². The second-order valence-electron chi connectivity index (χ2n) is 4.32. The molecule has 0 fully saturated rings. The topological polar surface area (TPSA) is 39.1 Å². The van der Waals surface area contributed by atoms with Gasteiger partial charge in [0.1, 0.15) is 5.75 Å². The third-order valence-corrected chi connectivity index (χ3v) is 3.44. The molecule has 0 radical (unpaired) electrons. The molecule has 1 N–H and O–H groups in total. The van der Waals surface area contributed by atoms with Gasteiger partial charge in [-0.05, 0) is 41.4 Å². The number of hydrogen-bond acceptors (Lipinski definition) is 3. The van der Waals surface area contributed by atoms with Gasteiger partial charge in [0.2, 0.25) is 5.95 Å². The third kappa shape index (κ3) is 3.10. The van der Waals surface area contributed by atoms with Crippen LogP contribution in [0, 0.1) is 6.92 Å². The van der Waals surface area contributed by atoms with E-state index >= 15 is 0 Å². The molecule has 0 aliphatic rings. The van der Waals surface area contributed by atoms with E-state index < -0.39 is 0 Å². The average molecular weight is 324 g/mol. The summed E-state index contributed by atoms with van der Waals surface area (Å²) in [5.41, 5.74) is 1.99. The van der Waals surface area contributed by atoms with Crippen molar-refractivity contribution in [3.8, 4) is 11.4 Å². The Morgan fingerprint density at radius 2 is 2.21 bits per heavy atom. The highest BCUT2D eigenvalue weighted by Crippen LogP contribution is 2.28. The SMILES string of the molecule is CCCNc1nc(C)cn1-c1cc(OC)ccc1Br. The predicted octanol–water partition coefficient (Wildman–Crippen LogP) is 3.77. The van der Waals surface area contributed by atoms with Gasteiger partial charge < -0.3 is 10.1 Å². The standard InChI is InChI=1S/C14H18BrN3O/c1-4-7-16-14-17-10(2)9-18(14)13-8-11(19-3)5-6-12(13)15/h5-6,8-9H,4,7H2,1-3H3,(H,16,17). The van der Waals surface area contributed by atoms with Crippen molar-refractivity contribution in [2.75, 3.05) is 19.0 Å². The van der Waals surface area contributed by atoms with Gasteiger partial charge in [-0.15, -0.1) is 0 Å². The highest BCUT2D eigenvalue weighted by molar-refractivity contribution is 9.10. The Labute approximate surface area is 121 Å². The lowest BCUT2D eigenvalue weighted by atomic mass is 10.3. The number of benzene rings is 1. The largest absolute Gasteiger partial charge is 0.497 e. The number of halogens is 1. The van der Waals surface area contributed by atoms with Gasteiger partial charge in [-0.25, -0.2) is 4.98 Å². The number of ether oxygens (including phenoxy) is 1. The van der Waals surface area contributed by atoms with Crippen molar-refractivity contribution in [1.82, 2.24) is 9.55 Å². The maximum absolute atomic E-state index is 5.28. The third-order valence-electron chi connectivity index (χ3n) is 2.77. The zero-order valence-electron chi connectivity index (χ0n) is 11.4. The first-order valence-corrected chi connectivity index (χ1v) is 7.08. The van der Waals surface area contributed by atoms with E-state index in [4.69, 9.17) is 4.74 Å². The second kappa shape index (κ2) is 6.10. The molecular formula is C14H18BrN3O. The van der Waals surface area contributed by atoms with Gasteiger partial charge in [0.05, 0.1) is 18.5 Å². The molecule has 5 heteroatoms. The van der Waals surface area contributed by atoms with Crippen LogP contribution in [0.25, 0.3) is 5.69 Å². The fourth-order valence-corrected chi connectivity index (χ4v) is 2.28. The lowest BCUT2D eigenvalue weighted by Gasteiger charge is -2.12. The molecule has 0 aliphatic carbocycles. The summed E-state index contributed by atoms with van der Waals surface area (Å²) in [6, 6.07) is 5.89. The van der Waals surface area contributed by atoms with Crippen molar-refractivity contribution in [2.24, 2.45) is 0 Å². The number of aryl methyl sites for hydroxylation is 1. The monoisotopic (exact) mass is 323 g/mol. The van der Waals surface area contributed by atoms with Gasteiger partial charge in [-0.1, -0.05) is 6.92 Å². The maximum Gasteiger partial charge on any atom is 0.207 e. The van der Waals surface area contributed by atoms with Crippen molar-refractivity contribution in [3.63, 3.8) is 0 Å². The first-order chi connectivity index (χ1) is 9.15. The van der Waals surface area contributed by atoms with Crippen LogP contribution in [0.1, 0.15) is 19.0 Å². The van der Waals surface area contributed by atoms with Crippen LogP contribution in [0.5, 0.6) is 5.75 Å². The number of imidazole rings is 1. The number of rotatable bonds is 5. The Morgan fingerprint density at radius 1 is 1.42 bits per heavy atom. The van der Waals surface area contributed by atoms with Crippen LogP contribution >= 0.6 is 15.9 Å². The molecule has 0 bridgehead atoms. The number of hydrogen-bond donors (Lipinski definition) is 1. The molecule has 19 heavy (non-hydrogen) atoms. The number of methoxy groups -OCH3 is 1. The minimum atomic E-state index is 0.825. The molecule has 2 rings (SSSR count). The zero-order valence-corrected chi connectivity index (χ0v) is 13.0. The van der Waals surface area contributed by atoms with Crippen LogP contribution in [0.3, 0.4) is 0 Å². The van der Waals surface area contributed by atoms with Crippen LogP contribution in [0.15, 0.2) is 28.9 Å². The molecule has 0 unspecified atom stereocenters.